The Morgan fingerprint density at radius 1 is 0.500 bits per heavy atom. The molecule has 0 bridgehead atoms. The fourth-order valence-corrected chi connectivity index (χ4v) is 9.05. The Kier molecular flexibility index (Phi) is 10.2. The molecular weight excluding hydrogens is 781 g/mol. The molecule has 0 spiro atoms. The molecule has 0 saturated heterocycles. The molecule has 0 aromatic heterocycles. The van der Waals surface area contributed by atoms with E-state index in [1.165, 1.54) is 36.4 Å². The van der Waals surface area contributed by atoms with Crippen molar-refractivity contribution in [3.63, 3.8) is 0 Å². The summed E-state index contributed by atoms with van der Waals surface area (Å²) in [6, 6.07) is 38.7. The maximum Gasteiger partial charge on any atom is 0.411 e. The molecule has 0 saturated carbocycles. The lowest BCUT2D eigenvalue weighted by Gasteiger charge is -2.15. The number of ether oxygens (including phenoxy) is 2. The van der Waals surface area contributed by atoms with Gasteiger partial charge in [-0.05, 0) is 79.9 Å². The van der Waals surface area contributed by atoms with Gasteiger partial charge in [-0.3, -0.25) is 19.7 Å². The Morgan fingerprint density at radius 2 is 0.810 bits per heavy atom. The minimum absolute atomic E-state index is 0.00397. The van der Waals surface area contributed by atoms with Gasteiger partial charge >= 0.3 is 12.2 Å². The van der Waals surface area contributed by atoms with E-state index in [9.17, 15) is 35.5 Å². The van der Waals surface area contributed by atoms with Crippen molar-refractivity contribution in [2.75, 3.05) is 23.8 Å². The number of hydrogen-bond donors (Lipinski definition) is 4. The fraction of sp³-hybridized carbons (Fsp3) is 0.0909. The van der Waals surface area contributed by atoms with Gasteiger partial charge in [-0.25, -0.2) is 9.59 Å². The average molecular weight is 815 g/mol. The summed E-state index contributed by atoms with van der Waals surface area (Å²) in [5, 5.41) is 4.99. The number of nitrogens with one attached hydrogen (secondary N) is 2. The van der Waals surface area contributed by atoms with E-state index in [-0.39, 0.29) is 47.6 Å². The van der Waals surface area contributed by atoms with Crippen LogP contribution in [-0.2, 0) is 29.7 Å². The molecule has 2 aliphatic rings. The average Bonchev–Trinajstić information content (AvgIpc) is 3.70. The molecular formula is C44H34N2O10S2. The van der Waals surface area contributed by atoms with Crippen molar-refractivity contribution in [2.45, 2.75) is 21.6 Å². The van der Waals surface area contributed by atoms with Crippen LogP contribution in [0.2, 0.25) is 0 Å². The summed E-state index contributed by atoms with van der Waals surface area (Å²) in [4.78, 5) is 24.6. The Morgan fingerprint density at radius 3 is 1.12 bits per heavy atom. The Bertz CT molecular complexity index is 2590. The third-order valence-electron chi connectivity index (χ3n) is 10.2. The summed E-state index contributed by atoms with van der Waals surface area (Å²) in [7, 11) is -9.73. The molecule has 8 rings (SSSR count). The zero-order chi connectivity index (χ0) is 40.6. The highest BCUT2D eigenvalue weighted by molar-refractivity contribution is 7.86. The van der Waals surface area contributed by atoms with Gasteiger partial charge in [0.05, 0.1) is 0 Å². The number of hydrogen-bond acceptors (Lipinski definition) is 8. The van der Waals surface area contributed by atoms with Crippen LogP contribution in [0.25, 0.3) is 34.4 Å². The van der Waals surface area contributed by atoms with Crippen LogP contribution >= 0.6 is 0 Å². The molecule has 12 nitrogen and oxygen atoms in total. The van der Waals surface area contributed by atoms with Gasteiger partial charge in [0.1, 0.15) is 23.0 Å². The smallest absolute Gasteiger partial charge is 0.411 e. The topological polar surface area (TPSA) is 185 Å². The first-order valence-electron chi connectivity index (χ1n) is 18.0. The number of benzene rings is 6. The lowest BCUT2D eigenvalue weighted by atomic mass is 9.98. The SMILES string of the molecule is O=C(Nc1ccc(C=Cc2ccc(NC(=O)OCC3c4ccccc4-c4ccccc43)cc2S(=O)(=O)O)c(S(=O)(=O)O)c1)OCC1c2ccccc2-c2ccccc21. The molecule has 4 N–H and O–H groups in total. The van der Waals surface area contributed by atoms with E-state index in [1.54, 1.807) is 0 Å². The second kappa shape index (κ2) is 15.4. The van der Waals surface area contributed by atoms with Crippen LogP contribution in [0.5, 0.6) is 0 Å². The van der Waals surface area contributed by atoms with Gasteiger partial charge in [0, 0.05) is 23.2 Å². The molecule has 14 heteroatoms. The van der Waals surface area contributed by atoms with Crippen LogP contribution in [0.1, 0.15) is 45.2 Å². The van der Waals surface area contributed by atoms with Gasteiger partial charge in [0.15, 0.2) is 0 Å². The molecule has 0 radical (unpaired) electrons. The highest BCUT2D eigenvalue weighted by Crippen LogP contribution is 2.46. The first-order chi connectivity index (χ1) is 27.8. The zero-order valence-electron chi connectivity index (χ0n) is 30.4. The van der Waals surface area contributed by atoms with Crippen molar-refractivity contribution in [1.29, 1.82) is 0 Å². The van der Waals surface area contributed by atoms with Crippen molar-refractivity contribution in [1.82, 2.24) is 0 Å². The van der Waals surface area contributed by atoms with E-state index in [4.69, 9.17) is 9.47 Å². The van der Waals surface area contributed by atoms with Crippen LogP contribution in [0.15, 0.2) is 143 Å². The number of anilines is 2. The molecule has 6 aromatic rings. The van der Waals surface area contributed by atoms with Crippen LogP contribution in [0.3, 0.4) is 0 Å². The third-order valence-corrected chi connectivity index (χ3v) is 12.0. The van der Waals surface area contributed by atoms with Crippen molar-refractivity contribution in [3.05, 3.63) is 167 Å². The highest BCUT2D eigenvalue weighted by atomic mass is 32.2. The van der Waals surface area contributed by atoms with Gasteiger partial charge in [0.25, 0.3) is 20.2 Å². The minimum Gasteiger partial charge on any atom is -0.448 e. The second-order valence-corrected chi connectivity index (χ2v) is 16.5. The zero-order valence-corrected chi connectivity index (χ0v) is 32.0. The van der Waals surface area contributed by atoms with E-state index in [0.717, 1.165) is 56.6 Å². The first-order valence-corrected chi connectivity index (χ1v) is 20.9. The maximum atomic E-state index is 12.9. The van der Waals surface area contributed by atoms with Crippen LogP contribution < -0.4 is 10.6 Å². The number of amides is 2. The van der Waals surface area contributed by atoms with E-state index < -0.39 is 42.2 Å². The Balaban J connectivity index is 0.949. The normalized spacial score (nSPS) is 13.3. The molecule has 292 valence electrons. The largest absolute Gasteiger partial charge is 0.448 e. The molecule has 58 heavy (non-hydrogen) atoms. The standard InChI is InChI=1S/C44H34N2O10S2/c47-43(55-25-39-35-13-5-1-9-31(35)32-10-2-6-14-36(32)39)45-29-21-19-27(41(23-29)57(49,50)51)17-18-28-20-22-30(24-42(28)58(52,53)54)46-44(48)56-26-40-37-15-7-3-11-33(37)34-12-4-8-16-38(34)40/h1-24,39-40H,25-26H2,(H,45,47)(H,46,48)(H,49,50,51)(H,52,53,54). The number of carbonyl (C=O) groups is 2. The lowest BCUT2D eigenvalue weighted by Crippen LogP contribution is -2.18. The van der Waals surface area contributed by atoms with Crippen molar-refractivity contribution in [3.8, 4) is 22.3 Å². The molecule has 2 aliphatic carbocycles. The minimum atomic E-state index is -4.86. The van der Waals surface area contributed by atoms with Gasteiger partial charge in [-0.15, -0.1) is 0 Å². The fourth-order valence-electron chi connectivity index (χ4n) is 7.63. The van der Waals surface area contributed by atoms with Crippen LogP contribution in [-0.4, -0.2) is 51.3 Å². The molecule has 0 heterocycles. The van der Waals surface area contributed by atoms with Crippen molar-refractivity contribution in [2.24, 2.45) is 0 Å². The lowest BCUT2D eigenvalue weighted by molar-refractivity contribution is 0.157. The van der Waals surface area contributed by atoms with Gasteiger partial charge < -0.3 is 9.47 Å². The highest BCUT2D eigenvalue weighted by Gasteiger charge is 2.30. The summed E-state index contributed by atoms with van der Waals surface area (Å²) in [5.41, 5.74) is 8.15. The Hall–Kier alpha value is -6.58. The van der Waals surface area contributed by atoms with E-state index >= 15 is 0 Å². The predicted octanol–water partition coefficient (Wildman–Crippen LogP) is 9.07. The second-order valence-electron chi connectivity index (χ2n) is 13.7. The molecule has 0 atom stereocenters. The van der Waals surface area contributed by atoms with E-state index in [1.807, 2.05) is 97.1 Å². The van der Waals surface area contributed by atoms with Crippen LogP contribution in [0, 0.1) is 0 Å². The molecule has 2 amide bonds. The van der Waals surface area contributed by atoms with Crippen molar-refractivity contribution < 1.29 is 45.0 Å². The summed E-state index contributed by atoms with van der Waals surface area (Å²) < 4.78 is 81.1. The molecule has 6 aromatic carbocycles. The monoisotopic (exact) mass is 814 g/mol. The Labute approximate surface area is 334 Å². The maximum absolute atomic E-state index is 12.9. The molecule has 0 aliphatic heterocycles. The summed E-state index contributed by atoms with van der Waals surface area (Å²) in [6.07, 6.45) is 0.720. The number of fused-ring (bicyclic) bond motifs is 6. The van der Waals surface area contributed by atoms with Gasteiger partial charge in [-0.1, -0.05) is 121 Å². The third kappa shape index (κ3) is 7.73. The molecule has 0 fully saturated rings. The number of rotatable bonds is 10. The summed E-state index contributed by atoms with van der Waals surface area (Å²) in [5.74, 6) is -0.408. The van der Waals surface area contributed by atoms with Gasteiger partial charge in [-0.2, -0.15) is 16.8 Å². The van der Waals surface area contributed by atoms with E-state index in [2.05, 4.69) is 10.6 Å². The summed E-state index contributed by atoms with van der Waals surface area (Å²) >= 11 is 0. The van der Waals surface area contributed by atoms with Gasteiger partial charge in [0.2, 0.25) is 0 Å². The first kappa shape index (κ1) is 38.3. The number of carbonyl (C=O) groups excluding carboxylic acids is 2. The van der Waals surface area contributed by atoms with Crippen LogP contribution in [0.4, 0.5) is 21.0 Å². The van der Waals surface area contributed by atoms with Crippen molar-refractivity contribution >= 4 is 55.9 Å². The van der Waals surface area contributed by atoms with E-state index in [0.29, 0.717) is 0 Å². The predicted molar refractivity (Wildman–Crippen MR) is 219 cm³/mol. The molecule has 0 unspecified atom stereocenters. The summed E-state index contributed by atoms with van der Waals surface area (Å²) in [6.45, 7) is 0.0316. The quantitative estimate of drug-likeness (QED) is 0.0768.